The standard InChI is InChI=1S/C14H17N5O2/c1-8-13(15)9(2)19(18-8)7-12(20)17-11-5-3-10(4-6-11)14(16)21/h3-6H,7,15H2,1-2H3,(H2,16,21)(H,17,20). The van der Waals surface area contributed by atoms with Crippen LogP contribution in [0, 0.1) is 13.8 Å². The van der Waals surface area contributed by atoms with E-state index in [0.717, 1.165) is 5.69 Å². The quantitative estimate of drug-likeness (QED) is 0.771. The van der Waals surface area contributed by atoms with Crippen LogP contribution in [0.5, 0.6) is 0 Å². The van der Waals surface area contributed by atoms with Crippen LogP contribution in [-0.4, -0.2) is 21.6 Å². The zero-order valence-electron chi connectivity index (χ0n) is 11.9. The molecule has 0 spiro atoms. The summed E-state index contributed by atoms with van der Waals surface area (Å²) in [6, 6.07) is 6.35. The summed E-state index contributed by atoms with van der Waals surface area (Å²) in [5.41, 5.74) is 14.0. The van der Waals surface area contributed by atoms with Crippen molar-refractivity contribution in [2.45, 2.75) is 20.4 Å². The third-order valence-electron chi connectivity index (χ3n) is 3.18. The fourth-order valence-corrected chi connectivity index (χ4v) is 1.92. The highest BCUT2D eigenvalue weighted by molar-refractivity contribution is 5.94. The molecule has 0 aliphatic carbocycles. The van der Waals surface area contributed by atoms with Crippen LogP contribution in [0.4, 0.5) is 11.4 Å². The largest absolute Gasteiger partial charge is 0.396 e. The molecular formula is C14H17N5O2. The van der Waals surface area contributed by atoms with Crippen molar-refractivity contribution < 1.29 is 9.59 Å². The Morgan fingerprint density at radius 3 is 2.33 bits per heavy atom. The van der Waals surface area contributed by atoms with Gasteiger partial charge in [-0.05, 0) is 38.1 Å². The third-order valence-corrected chi connectivity index (χ3v) is 3.18. The van der Waals surface area contributed by atoms with E-state index >= 15 is 0 Å². The third kappa shape index (κ3) is 3.19. The Balaban J connectivity index is 2.04. The number of amides is 2. The van der Waals surface area contributed by atoms with E-state index in [1.54, 1.807) is 35.9 Å². The van der Waals surface area contributed by atoms with Gasteiger partial charge in [0.1, 0.15) is 6.54 Å². The molecule has 2 rings (SSSR count). The molecule has 21 heavy (non-hydrogen) atoms. The fraction of sp³-hybridized carbons (Fsp3) is 0.214. The van der Waals surface area contributed by atoms with Crippen LogP contribution >= 0.6 is 0 Å². The first-order valence-corrected chi connectivity index (χ1v) is 6.37. The molecule has 1 aromatic heterocycles. The van der Waals surface area contributed by atoms with Crippen molar-refractivity contribution in [3.05, 3.63) is 41.2 Å². The Hall–Kier alpha value is -2.83. The first-order valence-electron chi connectivity index (χ1n) is 6.37. The minimum absolute atomic E-state index is 0.0709. The molecule has 1 aromatic carbocycles. The van der Waals surface area contributed by atoms with Gasteiger partial charge in [0.2, 0.25) is 11.8 Å². The average Bonchev–Trinajstić information content (AvgIpc) is 2.67. The van der Waals surface area contributed by atoms with Gasteiger partial charge in [-0.1, -0.05) is 0 Å². The molecular weight excluding hydrogens is 270 g/mol. The zero-order valence-corrected chi connectivity index (χ0v) is 11.9. The van der Waals surface area contributed by atoms with Gasteiger partial charge in [0, 0.05) is 11.3 Å². The number of aromatic nitrogens is 2. The minimum atomic E-state index is -0.508. The van der Waals surface area contributed by atoms with Gasteiger partial charge in [0.15, 0.2) is 0 Å². The second kappa shape index (κ2) is 5.66. The van der Waals surface area contributed by atoms with Crippen molar-refractivity contribution in [3.8, 4) is 0 Å². The molecule has 0 saturated heterocycles. The molecule has 2 amide bonds. The lowest BCUT2D eigenvalue weighted by atomic mass is 10.2. The number of hydrogen-bond acceptors (Lipinski definition) is 4. The summed E-state index contributed by atoms with van der Waals surface area (Å²) >= 11 is 0. The topological polar surface area (TPSA) is 116 Å². The molecule has 0 aliphatic heterocycles. The Morgan fingerprint density at radius 2 is 1.86 bits per heavy atom. The Morgan fingerprint density at radius 1 is 1.24 bits per heavy atom. The first-order chi connectivity index (χ1) is 9.88. The van der Waals surface area contributed by atoms with E-state index in [9.17, 15) is 9.59 Å². The van der Waals surface area contributed by atoms with E-state index in [1.807, 2.05) is 6.92 Å². The number of nitrogens with zero attached hydrogens (tertiary/aromatic N) is 2. The molecule has 5 N–H and O–H groups in total. The van der Waals surface area contributed by atoms with Gasteiger partial charge < -0.3 is 16.8 Å². The first kappa shape index (κ1) is 14.6. The van der Waals surface area contributed by atoms with Crippen molar-refractivity contribution in [3.63, 3.8) is 0 Å². The van der Waals surface area contributed by atoms with Crippen LogP contribution in [0.1, 0.15) is 21.7 Å². The number of nitrogen functional groups attached to an aromatic ring is 1. The van der Waals surface area contributed by atoms with E-state index in [1.165, 1.54) is 0 Å². The maximum atomic E-state index is 12.0. The number of carbonyl (C=O) groups is 2. The molecule has 0 bridgehead atoms. The number of carbonyl (C=O) groups excluding carboxylic acids is 2. The van der Waals surface area contributed by atoms with E-state index in [4.69, 9.17) is 11.5 Å². The van der Waals surface area contributed by atoms with Crippen molar-refractivity contribution in [1.82, 2.24) is 9.78 Å². The van der Waals surface area contributed by atoms with E-state index < -0.39 is 5.91 Å². The molecule has 0 aliphatic rings. The molecule has 7 heteroatoms. The monoisotopic (exact) mass is 287 g/mol. The zero-order chi connectivity index (χ0) is 15.6. The lowest BCUT2D eigenvalue weighted by Gasteiger charge is -2.07. The van der Waals surface area contributed by atoms with Crippen LogP contribution < -0.4 is 16.8 Å². The summed E-state index contributed by atoms with van der Waals surface area (Å²) in [6.07, 6.45) is 0. The summed E-state index contributed by atoms with van der Waals surface area (Å²) in [7, 11) is 0. The van der Waals surface area contributed by atoms with Gasteiger partial charge in [-0.3, -0.25) is 14.3 Å². The normalized spacial score (nSPS) is 10.4. The molecule has 1 heterocycles. The van der Waals surface area contributed by atoms with E-state index in [-0.39, 0.29) is 12.5 Å². The predicted octanol–water partition coefficient (Wildman–Crippen LogP) is 0.820. The molecule has 110 valence electrons. The summed E-state index contributed by atoms with van der Waals surface area (Å²) in [5.74, 6) is -0.738. The minimum Gasteiger partial charge on any atom is -0.396 e. The molecule has 7 nitrogen and oxygen atoms in total. The Labute approximate surface area is 121 Å². The maximum Gasteiger partial charge on any atom is 0.248 e. The number of anilines is 2. The van der Waals surface area contributed by atoms with Gasteiger partial charge in [-0.25, -0.2) is 0 Å². The van der Waals surface area contributed by atoms with Gasteiger partial charge in [0.25, 0.3) is 0 Å². The summed E-state index contributed by atoms with van der Waals surface area (Å²) in [4.78, 5) is 22.9. The van der Waals surface area contributed by atoms with Crippen LogP contribution in [-0.2, 0) is 11.3 Å². The smallest absolute Gasteiger partial charge is 0.248 e. The highest BCUT2D eigenvalue weighted by atomic mass is 16.2. The van der Waals surface area contributed by atoms with Gasteiger partial charge >= 0.3 is 0 Å². The van der Waals surface area contributed by atoms with Gasteiger partial charge in [0.05, 0.1) is 17.1 Å². The lowest BCUT2D eigenvalue weighted by Crippen LogP contribution is -2.20. The number of primary amides is 1. The second-order valence-electron chi connectivity index (χ2n) is 4.73. The van der Waals surface area contributed by atoms with Gasteiger partial charge in [-0.2, -0.15) is 5.10 Å². The van der Waals surface area contributed by atoms with Crippen LogP contribution in [0.2, 0.25) is 0 Å². The van der Waals surface area contributed by atoms with Crippen LogP contribution in [0.15, 0.2) is 24.3 Å². The summed E-state index contributed by atoms with van der Waals surface area (Å²) in [5, 5.41) is 6.92. The van der Waals surface area contributed by atoms with Gasteiger partial charge in [-0.15, -0.1) is 0 Å². The predicted molar refractivity (Wildman–Crippen MR) is 79.7 cm³/mol. The molecule has 0 unspecified atom stereocenters. The number of nitrogens with one attached hydrogen (secondary N) is 1. The number of rotatable bonds is 4. The summed E-state index contributed by atoms with van der Waals surface area (Å²) in [6.45, 7) is 3.67. The highest BCUT2D eigenvalue weighted by Crippen LogP contribution is 2.15. The van der Waals surface area contributed by atoms with Crippen LogP contribution in [0.3, 0.4) is 0 Å². The number of benzene rings is 1. The second-order valence-corrected chi connectivity index (χ2v) is 4.73. The molecule has 0 radical (unpaired) electrons. The van der Waals surface area contributed by atoms with Crippen molar-refractivity contribution in [2.75, 3.05) is 11.1 Å². The molecule has 2 aromatic rings. The van der Waals surface area contributed by atoms with Crippen LogP contribution in [0.25, 0.3) is 0 Å². The summed E-state index contributed by atoms with van der Waals surface area (Å²) < 4.78 is 1.55. The Bertz CT molecular complexity index is 688. The highest BCUT2D eigenvalue weighted by Gasteiger charge is 2.11. The van der Waals surface area contributed by atoms with Crippen molar-refractivity contribution in [1.29, 1.82) is 0 Å². The Kier molecular flexibility index (Phi) is 3.93. The lowest BCUT2D eigenvalue weighted by molar-refractivity contribution is -0.116. The van der Waals surface area contributed by atoms with E-state index in [0.29, 0.717) is 22.6 Å². The molecule has 0 atom stereocenters. The molecule has 0 saturated carbocycles. The maximum absolute atomic E-state index is 12.0. The number of hydrogen-bond donors (Lipinski definition) is 3. The van der Waals surface area contributed by atoms with Crippen molar-refractivity contribution >= 4 is 23.2 Å². The SMILES string of the molecule is Cc1nn(CC(=O)Nc2ccc(C(N)=O)cc2)c(C)c1N. The average molecular weight is 287 g/mol. The molecule has 0 fully saturated rings. The number of aryl methyl sites for hydroxylation is 1. The fourth-order valence-electron chi connectivity index (χ4n) is 1.92. The number of nitrogens with two attached hydrogens (primary N) is 2. The van der Waals surface area contributed by atoms with E-state index in [2.05, 4.69) is 10.4 Å². The van der Waals surface area contributed by atoms with Crippen molar-refractivity contribution in [2.24, 2.45) is 5.73 Å².